The minimum absolute atomic E-state index is 0.0381. The number of rotatable bonds is 1. The van der Waals surface area contributed by atoms with Gasteiger partial charge >= 0.3 is 0 Å². The summed E-state index contributed by atoms with van der Waals surface area (Å²) in [5.74, 6) is 1.01. The fourth-order valence-corrected chi connectivity index (χ4v) is 3.17. The van der Waals surface area contributed by atoms with Crippen LogP contribution in [-0.4, -0.2) is 21.0 Å². The molecule has 0 spiro atoms. The van der Waals surface area contributed by atoms with E-state index < -0.39 is 0 Å². The quantitative estimate of drug-likeness (QED) is 0.643. The molecule has 5 nitrogen and oxygen atoms in total. The number of carbonyl (C=O) groups is 1. The lowest BCUT2D eigenvalue weighted by Gasteiger charge is -2.31. The van der Waals surface area contributed by atoms with Gasteiger partial charge in [0, 0.05) is 23.1 Å². The molecule has 0 fully saturated rings. The average Bonchev–Trinajstić information content (AvgIpc) is 2.88. The van der Waals surface area contributed by atoms with Gasteiger partial charge < -0.3 is 15.4 Å². The maximum Gasteiger partial charge on any atom is 0.225 e. The average molecular weight is 307 g/mol. The van der Waals surface area contributed by atoms with Gasteiger partial charge in [0.1, 0.15) is 11.6 Å². The normalized spacial score (nSPS) is 16.2. The summed E-state index contributed by atoms with van der Waals surface area (Å²) < 4.78 is 0. The molecule has 0 aliphatic carbocycles. The van der Waals surface area contributed by atoms with Crippen LogP contribution in [0, 0.1) is 0 Å². The molecule has 1 aliphatic heterocycles. The first kappa shape index (κ1) is 13.8. The Kier molecular flexibility index (Phi) is 2.75. The highest BCUT2D eigenvalue weighted by molar-refractivity contribution is 5.98. The molecule has 2 heterocycles. The molecule has 23 heavy (non-hydrogen) atoms. The molecule has 116 valence electrons. The molecule has 1 aliphatic rings. The first-order valence-corrected chi connectivity index (χ1v) is 7.56. The van der Waals surface area contributed by atoms with Crippen molar-refractivity contribution >= 4 is 22.6 Å². The number of phenolic OH excluding ortho intramolecular Hbond substituents is 1. The summed E-state index contributed by atoms with van der Waals surface area (Å²) in [5, 5.41) is 12.3. The molecule has 0 atom stereocenters. The van der Waals surface area contributed by atoms with E-state index in [0.717, 1.165) is 33.7 Å². The van der Waals surface area contributed by atoms with Crippen molar-refractivity contribution in [1.82, 2.24) is 9.97 Å². The summed E-state index contributed by atoms with van der Waals surface area (Å²) in [6.07, 6.45) is 0.477. The van der Waals surface area contributed by atoms with E-state index in [-0.39, 0.29) is 17.1 Å². The van der Waals surface area contributed by atoms with Gasteiger partial charge in [-0.3, -0.25) is 4.79 Å². The number of hydrogen-bond donors (Lipinski definition) is 3. The van der Waals surface area contributed by atoms with Gasteiger partial charge in [-0.1, -0.05) is 13.8 Å². The summed E-state index contributed by atoms with van der Waals surface area (Å²) in [7, 11) is 0. The molecule has 3 N–H and O–H groups in total. The monoisotopic (exact) mass is 307 g/mol. The topological polar surface area (TPSA) is 78.0 Å². The summed E-state index contributed by atoms with van der Waals surface area (Å²) in [4.78, 5) is 19.8. The molecule has 0 radical (unpaired) electrons. The van der Waals surface area contributed by atoms with Gasteiger partial charge in [0.15, 0.2) is 0 Å². The number of imidazole rings is 1. The van der Waals surface area contributed by atoms with Crippen molar-refractivity contribution in [3.05, 3.63) is 42.0 Å². The van der Waals surface area contributed by atoms with E-state index in [1.807, 2.05) is 18.2 Å². The van der Waals surface area contributed by atoms with Crippen molar-refractivity contribution in [1.29, 1.82) is 0 Å². The number of carbonyl (C=O) groups excluding carboxylic acids is 1. The summed E-state index contributed by atoms with van der Waals surface area (Å²) in [6.45, 7) is 4.15. The molecule has 0 saturated heterocycles. The molecule has 0 unspecified atom stereocenters. The number of phenols is 1. The van der Waals surface area contributed by atoms with Gasteiger partial charge in [0.2, 0.25) is 5.91 Å². The molecule has 3 aromatic rings. The van der Waals surface area contributed by atoms with E-state index in [4.69, 9.17) is 0 Å². The van der Waals surface area contributed by atoms with Crippen LogP contribution in [0.25, 0.3) is 22.4 Å². The fraction of sp³-hybridized carbons (Fsp3) is 0.222. The molecule has 2 aromatic carbocycles. The van der Waals surface area contributed by atoms with Crippen molar-refractivity contribution < 1.29 is 9.90 Å². The number of hydrogen-bond acceptors (Lipinski definition) is 3. The van der Waals surface area contributed by atoms with Crippen LogP contribution in [0.5, 0.6) is 5.75 Å². The number of nitrogens with one attached hydrogen (secondary N) is 2. The Morgan fingerprint density at radius 2 is 1.91 bits per heavy atom. The number of benzene rings is 2. The smallest absolute Gasteiger partial charge is 0.225 e. The second kappa shape index (κ2) is 4.59. The van der Waals surface area contributed by atoms with Gasteiger partial charge in [0.05, 0.1) is 11.0 Å². The van der Waals surface area contributed by atoms with Crippen LogP contribution < -0.4 is 5.32 Å². The van der Waals surface area contributed by atoms with Gasteiger partial charge in [-0.05, 0) is 42.0 Å². The zero-order valence-corrected chi connectivity index (χ0v) is 13.0. The third-order valence-corrected chi connectivity index (χ3v) is 4.37. The number of fused-ring (bicyclic) bond motifs is 2. The Labute approximate surface area is 133 Å². The number of aromatic hydroxyl groups is 1. The van der Waals surface area contributed by atoms with E-state index in [2.05, 4.69) is 35.2 Å². The lowest BCUT2D eigenvalue weighted by Crippen LogP contribution is -2.32. The Balaban J connectivity index is 1.87. The standard InChI is InChI=1S/C18H17N3O2/c1-18(2)9-16(23)19-13-8-15-14(7-12(13)18)20-17(21-15)10-3-5-11(22)6-4-10/h3-8,22H,9H2,1-2H3,(H,19,23)(H,20,21). The van der Waals surface area contributed by atoms with Crippen LogP contribution in [0.1, 0.15) is 25.8 Å². The molecular formula is C18H17N3O2. The molecule has 0 bridgehead atoms. The van der Waals surface area contributed by atoms with Crippen molar-refractivity contribution in [2.24, 2.45) is 0 Å². The minimum Gasteiger partial charge on any atom is -0.508 e. The lowest BCUT2D eigenvalue weighted by molar-refractivity contribution is -0.117. The summed E-state index contributed by atoms with van der Waals surface area (Å²) >= 11 is 0. The predicted molar refractivity (Wildman–Crippen MR) is 89.5 cm³/mol. The second-order valence-corrected chi connectivity index (χ2v) is 6.66. The Bertz CT molecular complexity index is 923. The lowest BCUT2D eigenvalue weighted by atomic mass is 9.78. The minimum atomic E-state index is -0.199. The Morgan fingerprint density at radius 3 is 2.65 bits per heavy atom. The molecule has 0 saturated carbocycles. The van der Waals surface area contributed by atoms with Crippen molar-refractivity contribution in [2.75, 3.05) is 5.32 Å². The van der Waals surface area contributed by atoms with Crippen molar-refractivity contribution in [3.63, 3.8) is 0 Å². The molecule has 1 aromatic heterocycles. The molecule has 1 amide bonds. The number of H-pyrrole nitrogens is 1. The van der Waals surface area contributed by atoms with Gasteiger partial charge in [0.25, 0.3) is 0 Å². The van der Waals surface area contributed by atoms with E-state index >= 15 is 0 Å². The van der Waals surface area contributed by atoms with Crippen LogP contribution in [0.3, 0.4) is 0 Å². The maximum absolute atomic E-state index is 11.9. The molecule has 4 rings (SSSR count). The summed E-state index contributed by atoms with van der Waals surface area (Å²) in [6, 6.07) is 10.9. The largest absolute Gasteiger partial charge is 0.508 e. The van der Waals surface area contributed by atoms with E-state index in [1.165, 1.54) is 0 Å². The van der Waals surface area contributed by atoms with E-state index in [9.17, 15) is 9.90 Å². The third-order valence-electron chi connectivity index (χ3n) is 4.37. The number of nitrogens with zero attached hydrogens (tertiary/aromatic N) is 1. The zero-order chi connectivity index (χ0) is 16.2. The Hall–Kier alpha value is -2.82. The highest BCUT2D eigenvalue weighted by Gasteiger charge is 2.32. The highest BCUT2D eigenvalue weighted by atomic mass is 16.3. The van der Waals surface area contributed by atoms with Crippen LogP contribution in [-0.2, 0) is 10.2 Å². The van der Waals surface area contributed by atoms with E-state index in [0.29, 0.717) is 6.42 Å². The predicted octanol–water partition coefficient (Wildman–Crippen LogP) is 3.56. The number of aromatic amines is 1. The summed E-state index contributed by atoms with van der Waals surface area (Å²) in [5.41, 5.74) is 4.41. The molecule has 5 heteroatoms. The van der Waals surface area contributed by atoms with Crippen molar-refractivity contribution in [3.8, 4) is 17.1 Å². The third kappa shape index (κ3) is 2.25. The molecular weight excluding hydrogens is 290 g/mol. The SMILES string of the molecule is CC1(C)CC(=O)Nc2cc3nc(-c4ccc(O)cc4)[nH]c3cc21. The van der Waals surface area contributed by atoms with Crippen LogP contribution >= 0.6 is 0 Å². The van der Waals surface area contributed by atoms with Gasteiger partial charge in [-0.15, -0.1) is 0 Å². The highest BCUT2D eigenvalue weighted by Crippen LogP contribution is 2.39. The van der Waals surface area contributed by atoms with Gasteiger partial charge in [-0.25, -0.2) is 4.98 Å². The van der Waals surface area contributed by atoms with E-state index in [1.54, 1.807) is 12.1 Å². The van der Waals surface area contributed by atoms with Crippen molar-refractivity contribution in [2.45, 2.75) is 25.7 Å². The second-order valence-electron chi connectivity index (χ2n) is 6.66. The Morgan fingerprint density at radius 1 is 1.17 bits per heavy atom. The van der Waals surface area contributed by atoms with Crippen LogP contribution in [0.4, 0.5) is 5.69 Å². The van der Waals surface area contributed by atoms with Crippen LogP contribution in [0.15, 0.2) is 36.4 Å². The number of amides is 1. The first-order chi connectivity index (χ1) is 10.9. The zero-order valence-electron chi connectivity index (χ0n) is 13.0. The number of anilines is 1. The van der Waals surface area contributed by atoms with Gasteiger partial charge in [-0.2, -0.15) is 0 Å². The first-order valence-electron chi connectivity index (χ1n) is 7.56. The number of aromatic nitrogens is 2. The fourth-order valence-electron chi connectivity index (χ4n) is 3.17. The van der Waals surface area contributed by atoms with Crippen LogP contribution in [0.2, 0.25) is 0 Å². The maximum atomic E-state index is 11.9.